The van der Waals surface area contributed by atoms with Gasteiger partial charge in [-0.1, -0.05) is 110 Å². The minimum atomic E-state index is 0.0116. The summed E-state index contributed by atoms with van der Waals surface area (Å²) in [4.78, 5) is 10.5. The van der Waals surface area contributed by atoms with Gasteiger partial charge >= 0.3 is 0 Å². The molecule has 0 radical (unpaired) electrons. The number of rotatable bonds is 3. The summed E-state index contributed by atoms with van der Waals surface area (Å²) in [6.07, 6.45) is 19.0. The van der Waals surface area contributed by atoms with Crippen molar-refractivity contribution in [3.8, 4) is 28.4 Å². The number of ether oxygens (including phenoxy) is 1. The molecular formula is C46H38N2OS. The molecule has 2 aromatic heterocycles. The third-order valence-corrected chi connectivity index (χ3v) is 13.7. The van der Waals surface area contributed by atoms with Crippen LogP contribution in [0.25, 0.3) is 42.9 Å². The maximum Gasteiger partial charge on any atom is 0.160 e. The van der Waals surface area contributed by atoms with Gasteiger partial charge in [-0.2, -0.15) is 0 Å². The first-order chi connectivity index (χ1) is 24.7. The quantitative estimate of drug-likeness (QED) is 0.189. The fraction of sp³-hybridized carbons (Fsp3) is 0.261. The van der Waals surface area contributed by atoms with E-state index in [1.54, 1.807) is 28.0 Å². The average Bonchev–Trinajstić information content (AvgIpc) is 3.83. The molecule has 0 amide bonds. The van der Waals surface area contributed by atoms with Crippen molar-refractivity contribution in [3.05, 3.63) is 149 Å². The van der Waals surface area contributed by atoms with E-state index in [1.165, 1.54) is 59.7 Å². The Balaban J connectivity index is 1.01. The standard InChI is InChI=1S/C46H38N2OS/c1-3-12-28(13-4-1)42-44-43(34-15-6-8-19-40(34)50-44)48-45(47-42)30-21-23-39-36(27-30)35-26-29(20-22-38(35)49-39)31-16-11-17-33-32-14-5-7-18-37(32)46(41(31)33)24-9-2-10-25-46/h1,3-8,12-16,18-23,26-27,33,35,38,41H,2,9-11,17,24-25H2/t33?,35?,38-,41?/m1/s1. The van der Waals surface area contributed by atoms with Crippen molar-refractivity contribution in [2.75, 3.05) is 0 Å². The van der Waals surface area contributed by atoms with Gasteiger partial charge in [-0.25, -0.2) is 9.97 Å². The van der Waals surface area contributed by atoms with E-state index in [2.05, 4.69) is 121 Å². The van der Waals surface area contributed by atoms with E-state index < -0.39 is 0 Å². The summed E-state index contributed by atoms with van der Waals surface area (Å²) in [5.41, 5.74) is 12.0. The van der Waals surface area contributed by atoms with Crippen LogP contribution in [0.3, 0.4) is 0 Å². The summed E-state index contributed by atoms with van der Waals surface area (Å²) in [7, 11) is 0. The second-order valence-electron chi connectivity index (χ2n) is 15.0. The molecule has 11 rings (SSSR count). The van der Waals surface area contributed by atoms with Crippen molar-refractivity contribution in [3.63, 3.8) is 0 Å². The van der Waals surface area contributed by atoms with Crippen LogP contribution >= 0.6 is 11.3 Å². The van der Waals surface area contributed by atoms with E-state index in [0.29, 0.717) is 11.8 Å². The molecule has 0 bridgehead atoms. The van der Waals surface area contributed by atoms with E-state index in [1.807, 2.05) is 0 Å². The Kier molecular flexibility index (Phi) is 6.43. The monoisotopic (exact) mass is 666 g/mol. The number of aromatic nitrogens is 2. The number of allylic oxidation sites excluding steroid dienone is 4. The van der Waals surface area contributed by atoms with Crippen molar-refractivity contribution in [2.24, 2.45) is 5.92 Å². The second kappa shape index (κ2) is 11.1. The normalized spacial score (nSPS) is 24.3. The zero-order valence-electron chi connectivity index (χ0n) is 28.0. The van der Waals surface area contributed by atoms with Gasteiger partial charge in [0.05, 0.1) is 15.9 Å². The maximum atomic E-state index is 6.60. The number of hydrogen-bond acceptors (Lipinski definition) is 4. The van der Waals surface area contributed by atoms with E-state index >= 15 is 0 Å². The van der Waals surface area contributed by atoms with Gasteiger partial charge in [-0.15, -0.1) is 11.3 Å². The highest BCUT2D eigenvalue weighted by Gasteiger charge is 2.54. The van der Waals surface area contributed by atoms with Crippen LogP contribution in [0.2, 0.25) is 0 Å². The number of benzene rings is 4. The van der Waals surface area contributed by atoms with Gasteiger partial charge in [-0.3, -0.25) is 0 Å². The lowest BCUT2D eigenvalue weighted by Gasteiger charge is -2.44. The smallest absolute Gasteiger partial charge is 0.160 e. The Morgan fingerprint density at radius 1 is 0.780 bits per heavy atom. The molecule has 3 nitrogen and oxygen atoms in total. The zero-order valence-corrected chi connectivity index (χ0v) is 28.8. The van der Waals surface area contributed by atoms with Crippen LogP contribution in [-0.2, 0) is 5.41 Å². The number of hydrogen-bond donors (Lipinski definition) is 0. The van der Waals surface area contributed by atoms with Crippen molar-refractivity contribution in [2.45, 2.75) is 68.3 Å². The van der Waals surface area contributed by atoms with Gasteiger partial charge in [-0.05, 0) is 84.2 Å². The summed E-state index contributed by atoms with van der Waals surface area (Å²) in [5, 5.41) is 1.19. The molecule has 0 saturated heterocycles. The third-order valence-electron chi connectivity index (χ3n) is 12.5. The van der Waals surface area contributed by atoms with Crippen LogP contribution in [0.1, 0.15) is 73.5 Å². The van der Waals surface area contributed by atoms with Crippen LogP contribution in [0.5, 0.6) is 5.75 Å². The van der Waals surface area contributed by atoms with Gasteiger partial charge in [0.1, 0.15) is 11.9 Å². The molecule has 1 aliphatic heterocycles. The minimum absolute atomic E-state index is 0.0116. The molecule has 0 N–H and O–H groups in total. The summed E-state index contributed by atoms with van der Waals surface area (Å²) in [6.45, 7) is 0. The molecule has 4 aliphatic carbocycles. The Morgan fingerprint density at radius 3 is 2.54 bits per heavy atom. The molecule has 1 fully saturated rings. The molecule has 6 aromatic rings. The second-order valence-corrected chi connectivity index (χ2v) is 16.1. The lowest BCUT2D eigenvalue weighted by atomic mass is 9.59. The summed E-state index contributed by atoms with van der Waals surface area (Å²) >= 11 is 1.78. The first-order valence-corrected chi connectivity index (χ1v) is 19.3. The highest BCUT2D eigenvalue weighted by molar-refractivity contribution is 7.26. The molecule has 4 aromatic carbocycles. The number of nitrogens with zero attached hydrogens (tertiary/aromatic N) is 2. The van der Waals surface area contributed by atoms with Gasteiger partial charge in [0, 0.05) is 44.0 Å². The molecule has 4 heteroatoms. The highest BCUT2D eigenvalue weighted by Crippen LogP contribution is 2.63. The fourth-order valence-corrected chi connectivity index (χ4v) is 11.5. The van der Waals surface area contributed by atoms with Crippen molar-refractivity contribution in [1.82, 2.24) is 9.97 Å². The first-order valence-electron chi connectivity index (χ1n) is 18.5. The Morgan fingerprint density at radius 2 is 1.62 bits per heavy atom. The molecule has 244 valence electrons. The molecule has 50 heavy (non-hydrogen) atoms. The van der Waals surface area contributed by atoms with Crippen molar-refractivity contribution < 1.29 is 4.74 Å². The average molecular weight is 667 g/mol. The van der Waals surface area contributed by atoms with Crippen LogP contribution < -0.4 is 4.74 Å². The van der Waals surface area contributed by atoms with Gasteiger partial charge in [0.2, 0.25) is 0 Å². The highest BCUT2D eigenvalue weighted by atomic mass is 32.1. The Labute approximate surface area is 297 Å². The first kappa shape index (κ1) is 29.0. The molecule has 3 unspecified atom stereocenters. The zero-order chi connectivity index (χ0) is 32.8. The summed E-state index contributed by atoms with van der Waals surface area (Å²) < 4.78 is 8.98. The molecule has 1 saturated carbocycles. The number of fused-ring (bicyclic) bond motifs is 11. The van der Waals surface area contributed by atoms with Gasteiger partial charge in [0.15, 0.2) is 5.82 Å². The molecule has 4 atom stereocenters. The van der Waals surface area contributed by atoms with E-state index in [4.69, 9.17) is 14.7 Å². The predicted octanol–water partition coefficient (Wildman–Crippen LogP) is 11.9. The Hall–Kier alpha value is -4.80. The predicted molar refractivity (Wildman–Crippen MR) is 205 cm³/mol. The van der Waals surface area contributed by atoms with E-state index in [0.717, 1.165) is 45.0 Å². The minimum Gasteiger partial charge on any atom is -0.485 e. The third kappa shape index (κ3) is 4.21. The SMILES string of the molecule is C1=C[C@H]2Oc3ccc(-c4nc(-c5ccccc5)c5sc6ccccc6c5n4)cc3C2C=C1C1=CCCC2c3ccccc3C3(CCCCC3)C12. The fourth-order valence-electron chi connectivity index (χ4n) is 10.4. The lowest BCUT2D eigenvalue weighted by molar-refractivity contribution is 0.208. The van der Waals surface area contributed by atoms with Gasteiger partial charge in [0.25, 0.3) is 0 Å². The lowest BCUT2D eigenvalue weighted by Crippen LogP contribution is -2.38. The molecule has 3 heterocycles. The van der Waals surface area contributed by atoms with Crippen molar-refractivity contribution >= 4 is 31.6 Å². The van der Waals surface area contributed by atoms with Crippen LogP contribution in [0.15, 0.2) is 133 Å². The van der Waals surface area contributed by atoms with E-state index in [-0.39, 0.29) is 17.4 Å². The maximum absolute atomic E-state index is 6.60. The Bertz CT molecular complexity index is 2430. The largest absolute Gasteiger partial charge is 0.485 e. The molecule has 5 aliphatic rings. The topological polar surface area (TPSA) is 35.0 Å². The van der Waals surface area contributed by atoms with Crippen molar-refractivity contribution in [1.29, 1.82) is 0 Å². The molecular weight excluding hydrogens is 629 g/mol. The summed E-state index contributed by atoms with van der Waals surface area (Å²) in [6, 6.07) is 35.2. The number of thiophene rings is 1. The van der Waals surface area contributed by atoms with Crippen LogP contribution in [-0.4, -0.2) is 16.1 Å². The summed E-state index contributed by atoms with van der Waals surface area (Å²) in [5.74, 6) is 3.09. The van der Waals surface area contributed by atoms with Crippen LogP contribution in [0.4, 0.5) is 0 Å². The van der Waals surface area contributed by atoms with Gasteiger partial charge < -0.3 is 4.74 Å². The van der Waals surface area contributed by atoms with E-state index in [9.17, 15) is 0 Å². The molecule has 1 spiro atoms. The van der Waals surface area contributed by atoms with Crippen LogP contribution in [0, 0.1) is 5.92 Å².